The molecule has 0 aliphatic rings. The molecule has 0 spiro atoms. The van der Waals surface area contributed by atoms with E-state index < -0.39 is 17.5 Å². The van der Waals surface area contributed by atoms with Crippen molar-refractivity contribution in [3.63, 3.8) is 0 Å². The van der Waals surface area contributed by atoms with Gasteiger partial charge < -0.3 is 9.94 Å². The number of carbonyl (C=O) groups excluding carboxylic acids is 1. The van der Waals surface area contributed by atoms with Crippen LogP contribution in [0.15, 0.2) is 16.7 Å². The van der Waals surface area contributed by atoms with Crippen LogP contribution in [0.3, 0.4) is 0 Å². The number of pyridine rings is 1. The first kappa shape index (κ1) is 10.9. The molecular formula is C8H7BrFNO3. The first-order valence-corrected chi connectivity index (χ1v) is 4.61. The Balaban J connectivity index is 3.14. The highest BCUT2D eigenvalue weighted by Gasteiger charge is 2.24. The third-order valence-corrected chi connectivity index (χ3v) is 1.85. The van der Waals surface area contributed by atoms with E-state index in [-0.39, 0.29) is 15.8 Å². The Morgan fingerprint density at radius 2 is 2.43 bits per heavy atom. The molecule has 1 aromatic rings. The summed E-state index contributed by atoms with van der Waals surface area (Å²) in [5, 5.41) is 11.1. The van der Waals surface area contributed by atoms with E-state index in [1.165, 1.54) is 0 Å². The van der Waals surface area contributed by atoms with Crippen LogP contribution in [-0.4, -0.2) is 12.6 Å². The summed E-state index contributed by atoms with van der Waals surface area (Å²) in [6.07, 6.45) is 1.04. The van der Waals surface area contributed by atoms with Crippen molar-refractivity contribution in [1.82, 2.24) is 0 Å². The van der Waals surface area contributed by atoms with Gasteiger partial charge in [0.15, 0.2) is 6.20 Å². The molecule has 0 amide bonds. The van der Waals surface area contributed by atoms with Gasteiger partial charge in [-0.1, -0.05) is 0 Å². The molecule has 0 unspecified atom stereocenters. The van der Waals surface area contributed by atoms with Gasteiger partial charge >= 0.3 is 11.7 Å². The van der Waals surface area contributed by atoms with E-state index in [2.05, 4.69) is 20.7 Å². The van der Waals surface area contributed by atoms with Gasteiger partial charge in [0.2, 0.25) is 5.82 Å². The van der Waals surface area contributed by atoms with Crippen LogP contribution in [0.5, 0.6) is 0 Å². The highest BCUT2D eigenvalue weighted by Crippen LogP contribution is 2.11. The van der Waals surface area contributed by atoms with Gasteiger partial charge in [-0.25, -0.2) is 4.79 Å². The van der Waals surface area contributed by atoms with Crippen molar-refractivity contribution in [1.29, 1.82) is 0 Å². The zero-order valence-electron chi connectivity index (χ0n) is 7.29. The van der Waals surface area contributed by atoms with Gasteiger partial charge in [0, 0.05) is 6.07 Å². The van der Waals surface area contributed by atoms with Gasteiger partial charge in [0.25, 0.3) is 0 Å². The molecule has 1 heterocycles. The Labute approximate surface area is 88.0 Å². The molecule has 0 saturated carbocycles. The molecule has 0 atom stereocenters. The number of nitrogens with zero attached hydrogens (tertiary/aromatic N) is 1. The molecule has 0 fully saturated rings. The molecule has 1 rings (SSSR count). The van der Waals surface area contributed by atoms with Crippen LogP contribution in [0.4, 0.5) is 4.39 Å². The number of ether oxygens (including phenoxy) is 1. The zero-order valence-corrected chi connectivity index (χ0v) is 8.88. The molecule has 76 valence electrons. The number of rotatable bonds is 2. The Morgan fingerprint density at radius 1 is 1.79 bits per heavy atom. The molecule has 0 saturated heterocycles. The minimum Gasteiger partial charge on any atom is -0.618 e. The normalized spacial score (nSPS) is 9.93. The third kappa shape index (κ3) is 2.20. The van der Waals surface area contributed by atoms with Gasteiger partial charge in [-0.3, -0.25) is 0 Å². The lowest BCUT2D eigenvalue weighted by molar-refractivity contribution is -0.610. The molecule has 0 aliphatic heterocycles. The largest absolute Gasteiger partial charge is 0.618 e. The van der Waals surface area contributed by atoms with Crippen molar-refractivity contribution < 1.29 is 18.7 Å². The topological polar surface area (TPSA) is 53.2 Å². The number of hydrogen-bond acceptors (Lipinski definition) is 3. The van der Waals surface area contributed by atoms with E-state index in [0.29, 0.717) is 0 Å². The molecule has 0 N–H and O–H groups in total. The minimum atomic E-state index is -0.965. The maximum absolute atomic E-state index is 13.1. The van der Waals surface area contributed by atoms with Crippen LogP contribution >= 0.6 is 15.9 Å². The van der Waals surface area contributed by atoms with Gasteiger partial charge in [-0.2, -0.15) is 9.12 Å². The van der Waals surface area contributed by atoms with E-state index in [0.717, 1.165) is 12.3 Å². The van der Waals surface area contributed by atoms with Crippen LogP contribution in [0, 0.1) is 11.0 Å². The summed E-state index contributed by atoms with van der Waals surface area (Å²) in [4.78, 5) is 11.1. The second-order valence-electron chi connectivity index (χ2n) is 2.40. The third-order valence-electron chi connectivity index (χ3n) is 1.42. The van der Waals surface area contributed by atoms with Crippen LogP contribution < -0.4 is 4.73 Å². The summed E-state index contributed by atoms with van der Waals surface area (Å²) in [5.41, 5.74) is -0.630. The summed E-state index contributed by atoms with van der Waals surface area (Å²) in [6, 6.07) is 1.03. The molecule has 0 aromatic carbocycles. The highest BCUT2D eigenvalue weighted by atomic mass is 79.9. The van der Waals surface area contributed by atoms with Gasteiger partial charge in [0.1, 0.15) is 0 Å². The van der Waals surface area contributed by atoms with Crippen molar-refractivity contribution in [2.45, 2.75) is 6.92 Å². The Bertz CT molecular complexity index is 347. The highest BCUT2D eigenvalue weighted by molar-refractivity contribution is 9.10. The molecule has 4 nitrogen and oxygen atoms in total. The Hall–Kier alpha value is -1.17. The van der Waals surface area contributed by atoms with Crippen molar-refractivity contribution in [3.05, 3.63) is 33.5 Å². The standard InChI is InChI=1S/C8H7BrFNO3/c1-2-14-8(12)7-6(10)3-5(9)4-11(7)13/h3-4H,2H2,1H3. The summed E-state index contributed by atoms with van der Waals surface area (Å²) >= 11 is 2.92. The smallest absolute Gasteiger partial charge is 0.408 e. The van der Waals surface area contributed by atoms with Crippen LogP contribution in [-0.2, 0) is 4.74 Å². The van der Waals surface area contributed by atoms with E-state index >= 15 is 0 Å². The maximum atomic E-state index is 13.1. The van der Waals surface area contributed by atoms with Crippen molar-refractivity contribution in [2.24, 2.45) is 0 Å². The Kier molecular flexibility index (Phi) is 3.40. The maximum Gasteiger partial charge on any atom is 0.408 e. The SMILES string of the molecule is CCOC(=O)c1c(F)cc(Br)c[n+]1[O-]. The molecule has 1 aromatic heterocycles. The van der Waals surface area contributed by atoms with E-state index in [9.17, 15) is 14.4 Å². The molecule has 0 bridgehead atoms. The first-order valence-electron chi connectivity index (χ1n) is 3.81. The van der Waals surface area contributed by atoms with Gasteiger partial charge in [-0.15, -0.1) is 0 Å². The minimum absolute atomic E-state index is 0.0916. The molecule has 0 aliphatic carbocycles. The van der Waals surface area contributed by atoms with E-state index in [1.807, 2.05) is 0 Å². The number of esters is 1. The second-order valence-corrected chi connectivity index (χ2v) is 3.32. The summed E-state index contributed by atoms with van der Waals surface area (Å²) < 4.78 is 18.0. The van der Waals surface area contributed by atoms with Crippen molar-refractivity contribution in [3.8, 4) is 0 Å². The summed E-state index contributed by atoms with van der Waals surface area (Å²) in [7, 11) is 0. The fourth-order valence-corrected chi connectivity index (χ4v) is 1.28. The Morgan fingerprint density at radius 3 is 2.93 bits per heavy atom. The number of hydrogen-bond donors (Lipinski definition) is 0. The van der Waals surface area contributed by atoms with Crippen molar-refractivity contribution in [2.75, 3.05) is 6.61 Å². The van der Waals surface area contributed by atoms with Crippen LogP contribution in [0.1, 0.15) is 17.4 Å². The van der Waals surface area contributed by atoms with E-state index in [4.69, 9.17) is 0 Å². The summed E-state index contributed by atoms with van der Waals surface area (Å²) in [5.74, 6) is -1.87. The average Bonchev–Trinajstić information content (AvgIpc) is 2.01. The summed E-state index contributed by atoms with van der Waals surface area (Å²) in [6.45, 7) is 1.66. The average molecular weight is 264 g/mol. The predicted molar refractivity (Wildman–Crippen MR) is 49.0 cm³/mol. The fraction of sp³-hybridized carbons (Fsp3) is 0.250. The fourth-order valence-electron chi connectivity index (χ4n) is 0.895. The molecule has 6 heteroatoms. The second kappa shape index (κ2) is 4.36. The van der Waals surface area contributed by atoms with Gasteiger partial charge in [-0.05, 0) is 22.9 Å². The van der Waals surface area contributed by atoms with E-state index in [1.54, 1.807) is 6.92 Å². The predicted octanol–water partition coefficient (Wildman–Crippen LogP) is 1.40. The number of carbonyl (C=O) groups is 1. The molecular weight excluding hydrogens is 257 g/mol. The monoisotopic (exact) mass is 263 g/mol. The lowest BCUT2D eigenvalue weighted by atomic mass is 10.3. The quantitative estimate of drug-likeness (QED) is 0.461. The molecule has 14 heavy (non-hydrogen) atoms. The molecule has 0 radical (unpaired) electrons. The number of halogens is 2. The lowest BCUT2D eigenvalue weighted by Gasteiger charge is -2.04. The van der Waals surface area contributed by atoms with Crippen molar-refractivity contribution >= 4 is 21.9 Å². The zero-order chi connectivity index (χ0) is 10.7. The van der Waals surface area contributed by atoms with Crippen LogP contribution in [0.25, 0.3) is 0 Å². The first-order chi connectivity index (χ1) is 6.56. The van der Waals surface area contributed by atoms with Gasteiger partial charge in [0.05, 0.1) is 11.1 Å². The lowest BCUT2D eigenvalue weighted by Crippen LogP contribution is -2.36. The number of aromatic nitrogens is 1. The van der Waals surface area contributed by atoms with Crippen LogP contribution in [0.2, 0.25) is 0 Å².